The summed E-state index contributed by atoms with van der Waals surface area (Å²) in [6.45, 7) is 0.997. The van der Waals surface area contributed by atoms with E-state index in [0.29, 0.717) is 15.6 Å². The smallest absolute Gasteiger partial charge is 0.325 e. The predicted molar refractivity (Wildman–Crippen MR) is 103 cm³/mol. The third-order valence-corrected chi connectivity index (χ3v) is 4.08. The van der Waals surface area contributed by atoms with Crippen LogP contribution in [0.15, 0.2) is 48.5 Å². The van der Waals surface area contributed by atoms with Crippen LogP contribution in [0.4, 0.5) is 0 Å². The molecule has 2 N–H and O–H groups in total. The largest absolute Gasteiger partial charge is 0.454 e. The lowest BCUT2D eigenvalue weighted by Gasteiger charge is -2.14. The second kappa shape index (κ2) is 9.94. The van der Waals surface area contributed by atoms with E-state index in [1.807, 2.05) is 6.07 Å². The van der Waals surface area contributed by atoms with Gasteiger partial charge >= 0.3 is 5.97 Å². The van der Waals surface area contributed by atoms with Gasteiger partial charge in [-0.05, 0) is 48.9 Å². The van der Waals surface area contributed by atoms with Crippen molar-refractivity contribution in [2.75, 3.05) is 13.2 Å². The summed E-state index contributed by atoms with van der Waals surface area (Å²) in [7, 11) is 0. The molecule has 0 aliphatic heterocycles. The summed E-state index contributed by atoms with van der Waals surface area (Å²) < 4.78 is 4.86. The van der Waals surface area contributed by atoms with E-state index >= 15 is 0 Å². The molecule has 27 heavy (non-hydrogen) atoms. The lowest BCUT2D eigenvalue weighted by Crippen LogP contribution is -2.34. The van der Waals surface area contributed by atoms with Crippen LogP contribution in [0.3, 0.4) is 0 Å². The summed E-state index contributed by atoms with van der Waals surface area (Å²) in [5.41, 5.74) is 1.19. The number of ether oxygens (including phenoxy) is 1. The van der Waals surface area contributed by atoms with Crippen LogP contribution in [0.2, 0.25) is 10.0 Å². The van der Waals surface area contributed by atoms with Crippen LogP contribution in [-0.2, 0) is 14.3 Å². The van der Waals surface area contributed by atoms with Crippen LogP contribution in [-0.4, -0.2) is 30.9 Å². The van der Waals surface area contributed by atoms with Crippen molar-refractivity contribution >= 4 is 41.0 Å². The Bertz CT molecular complexity index is 825. The Kier molecular flexibility index (Phi) is 7.64. The molecule has 2 amide bonds. The van der Waals surface area contributed by atoms with E-state index in [9.17, 15) is 14.4 Å². The van der Waals surface area contributed by atoms with Crippen LogP contribution in [0.5, 0.6) is 0 Å². The van der Waals surface area contributed by atoms with E-state index in [-0.39, 0.29) is 12.6 Å². The quantitative estimate of drug-likeness (QED) is 0.689. The molecule has 0 heterocycles. The molecule has 0 unspecified atom stereocenters. The Hall–Kier alpha value is -2.57. The molecule has 6 nitrogen and oxygen atoms in total. The number of nitrogens with one attached hydrogen (secondary N) is 2. The van der Waals surface area contributed by atoms with Crippen molar-refractivity contribution in [3.8, 4) is 0 Å². The topological polar surface area (TPSA) is 84.5 Å². The summed E-state index contributed by atoms with van der Waals surface area (Å²) in [5.74, 6) is -1.62. The van der Waals surface area contributed by atoms with Gasteiger partial charge in [0.15, 0.2) is 6.61 Å². The first-order valence-electron chi connectivity index (χ1n) is 8.09. The van der Waals surface area contributed by atoms with E-state index in [2.05, 4.69) is 10.6 Å². The number of halogens is 2. The number of hydrogen-bond donors (Lipinski definition) is 2. The molecule has 8 heteroatoms. The average Bonchev–Trinajstić information content (AvgIpc) is 2.65. The first-order valence-corrected chi connectivity index (χ1v) is 8.85. The van der Waals surface area contributed by atoms with E-state index in [0.717, 1.165) is 5.56 Å². The minimum atomic E-state index is -0.720. The first kappa shape index (κ1) is 20.7. The van der Waals surface area contributed by atoms with Gasteiger partial charge in [0, 0.05) is 15.6 Å². The van der Waals surface area contributed by atoms with Crippen molar-refractivity contribution in [3.63, 3.8) is 0 Å². The normalized spacial score (nSPS) is 11.4. The van der Waals surface area contributed by atoms with Gasteiger partial charge in [0.1, 0.15) is 6.54 Å². The molecule has 2 aromatic rings. The SMILES string of the molecule is C[C@@H](NC(=O)COC(=O)CNC(=O)c1ccc(Cl)cc1)c1cccc(Cl)c1. The molecule has 0 aromatic heterocycles. The lowest BCUT2D eigenvalue weighted by molar-refractivity contribution is -0.147. The van der Waals surface area contributed by atoms with Crippen LogP contribution in [0.1, 0.15) is 28.9 Å². The second-order valence-corrected chi connectivity index (χ2v) is 6.57. The van der Waals surface area contributed by atoms with E-state index in [1.54, 1.807) is 37.3 Å². The highest BCUT2D eigenvalue weighted by molar-refractivity contribution is 6.30. The number of rotatable bonds is 7. The van der Waals surface area contributed by atoms with Crippen LogP contribution < -0.4 is 10.6 Å². The Morgan fingerprint density at radius 1 is 1.04 bits per heavy atom. The van der Waals surface area contributed by atoms with Gasteiger partial charge in [-0.2, -0.15) is 0 Å². The van der Waals surface area contributed by atoms with Crippen molar-refractivity contribution in [2.24, 2.45) is 0 Å². The number of hydrogen-bond acceptors (Lipinski definition) is 4. The van der Waals surface area contributed by atoms with E-state index < -0.39 is 24.4 Å². The van der Waals surface area contributed by atoms with Gasteiger partial charge in [0.05, 0.1) is 6.04 Å². The molecule has 0 saturated heterocycles. The number of carbonyl (C=O) groups is 3. The monoisotopic (exact) mass is 408 g/mol. The first-order chi connectivity index (χ1) is 12.8. The maximum absolute atomic E-state index is 11.9. The highest BCUT2D eigenvalue weighted by atomic mass is 35.5. The molecule has 2 aromatic carbocycles. The number of carbonyl (C=O) groups excluding carboxylic acids is 3. The Labute approximate surface area is 166 Å². The van der Waals surface area contributed by atoms with Gasteiger partial charge in [0.2, 0.25) is 0 Å². The van der Waals surface area contributed by atoms with Gasteiger partial charge in [-0.3, -0.25) is 14.4 Å². The van der Waals surface area contributed by atoms with Crippen LogP contribution >= 0.6 is 23.2 Å². The van der Waals surface area contributed by atoms with E-state index in [1.165, 1.54) is 12.1 Å². The summed E-state index contributed by atoms with van der Waals surface area (Å²) >= 11 is 11.7. The van der Waals surface area contributed by atoms with Gasteiger partial charge in [0.25, 0.3) is 11.8 Å². The van der Waals surface area contributed by atoms with Gasteiger partial charge < -0.3 is 15.4 Å². The molecule has 142 valence electrons. The molecule has 1 atom stereocenters. The Morgan fingerprint density at radius 2 is 1.74 bits per heavy atom. The summed E-state index contributed by atoms with van der Waals surface area (Å²) in [4.78, 5) is 35.4. The zero-order chi connectivity index (χ0) is 19.8. The minimum Gasteiger partial charge on any atom is -0.454 e. The van der Waals surface area contributed by atoms with Crippen LogP contribution in [0, 0.1) is 0 Å². The molecule has 0 aliphatic carbocycles. The zero-order valence-electron chi connectivity index (χ0n) is 14.5. The Morgan fingerprint density at radius 3 is 2.41 bits per heavy atom. The van der Waals surface area contributed by atoms with Crippen LogP contribution in [0.25, 0.3) is 0 Å². The standard InChI is InChI=1S/C19H18Cl2N2O4/c1-12(14-3-2-4-16(21)9-14)23-17(24)11-27-18(25)10-22-19(26)13-5-7-15(20)8-6-13/h2-9,12H,10-11H2,1H3,(H,22,26)(H,23,24)/t12-/m1/s1. The Balaban J connectivity index is 1.72. The van der Waals surface area contributed by atoms with Gasteiger partial charge in [-0.15, -0.1) is 0 Å². The van der Waals surface area contributed by atoms with Crippen molar-refractivity contribution < 1.29 is 19.1 Å². The number of amides is 2. The molecule has 0 bridgehead atoms. The maximum atomic E-state index is 11.9. The molecule has 0 aliphatic rings. The molecule has 2 rings (SSSR count). The third kappa shape index (κ3) is 6.92. The number of esters is 1. The average molecular weight is 409 g/mol. The predicted octanol–water partition coefficient (Wildman–Crippen LogP) is 3.14. The fourth-order valence-corrected chi connectivity index (χ4v) is 2.52. The van der Waals surface area contributed by atoms with Gasteiger partial charge in [-0.25, -0.2) is 0 Å². The number of benzene rings is 2. The second-order valence-electron chi connectivity index (χ2n) is 5.69. The molecular weight excluding hydrogens is 391 g/mol. The van der Waals surface area contributed by atoms with Crippen molar-refractivity contribution in [1.82, 2.24) is 10.6 Å². The molecule has 0 spiro atoms. The molecular formula is C19H18Cl2N2O4. The highest BCUT2D eigenvalue weighted by Crippen LogP contribution is 2.17. The summed E-state index contributed by atoms with van der Waals surface area (Å²) in [6.07, 6.45) is 0. The summed E-state index contributed by atoms with van der Waals surface area (Å²) in [5, 5.41) is 6.18. The van der Waals surface area contributed by atoms with E-state index in [4.69, 9.17) is 27.9 Å². The minimum absolute atomic E-state index is 0.292. The fourth-order valence-electron chi connectivity index (χ4n) is 2.20. The molecule has 0 radical (unpaired) electrons. The van der Waals surface area contributed by atoms with Crippen molar-refractivity contribution in [3.05, 3.63) is 69.7 Å². The van der Waals surface area contributed by atoms with Gasteiger partial charge in [-0.1, -0.05) is 35.3 Å². The highest BCUT2D eigenvalue weighted by Gasteiger charge is 2.13. The maximum Gasteiger partial charge on any atom is 0.325 e. The molecule has 0 fully saturated rings. The van der Waals surface area contributed by atoms with Crippen molar-refractivity contribution in [1.29, 1.82) is 0 Å². The van der Waals surface area contributed by atoms with Crippen molar-refractivity contribution in [2.45, 2.75) is 13.0 Å². The lowest BCUT2D eigenvalue weighted by atomic mass is 10.1. The zero-order valence-corrected chi connectivity index (χ0v) is 16.0. The third-order valence-electron chi connectivity index (χ3n) is 3.59. The molecule has 0 saturated carbocycles. The fraction of sp³-hybridized carbons (Fsp3) is 0.211. The summed E-state index contributed by atoms with van der Waals surface area (Å²) in [6, 6.07) is 13.0.